The van der Waals surface area contributed by atoms with E-state index in [0.717, 1.165) is 19.3 Å². The lowest BCUT2D eigenvalue weighted by Crippen LogP contribution is -2.63. The predicted molar refractivity (Wildman–Crippen MR) is 149 cm³/mol. The van der Waals surface area contributed by atoms with Crippen LogP contribution >= 0.6 is 0 Å². The van der Waals surface area contributed by atoms with Gasteiger partial charge in [0.2, 0.25) is 11.8 Å². The van der Waals surface area contributed by atoms with E-state index in [1.807, 2.05) is 13.8 Å². The average molecular weight is 505 g/mol. The van der Waals surface area contributed by atoms with E-state index in [9.17, 15) is 14.4 Å². The van der Waals surface area contributed by atoms with Crippen LogP contribution in [0.1, 0.15) is 146 Å². The lowest BCUT2D eigenvalue weighted by molar-refractivity contribution is -0.150. The molecule has 0 aromatic heterocycles. The van der Waals surface area contributed by atoms with Crippen molar-refractivity contribution in [3.63, 3.8) is 0 Å². The molecule has 1 atom stereocenters. The fourth-order valence-electron chi connectivity index (χ4n) is 7.01. The minimum Gasteiger partial charge on any atom is -0.307 e. The minimum absolute atomic E-state index is 0.0490. The summed E-state index contributed by atoms with van der Waals surface area (Å²) in [6, 6.07) is -0.161. The van der Waals surface area contributed by atoms with Gasteiger partial charge in [-0.05, 0) is 65.2 Å². The molecule has 208 valence electrons. The number of hydrogen-bond acceptors (Lipinski definition) is 4. The smallest absolute Gasteiger partial charge is 0.243 e. The van der Waals surface area contributed by atoms with E-state index in [1.165, 1.54) is 43.4 Å². The molecule has 0 saturated carbocycles. The van der Waals surface area contributed by atoms with Gasteiger partial charge in [-0.25, -0.2) is 0 Å². The molecule has 5 nitrogen and oxygen atoms in total. The van der Waals surface area contributed by atoms with E-state index < -0.39 is 5.41 Å². The molecule has 0 aliphatic carbocycles. The van der Waals surface area contributed by atoms with Crippen LogP contribution in [0.2, 0.25) is 0 Å². The second kappa shape index (κ2) is 12.1. The summed E-state index contributed by atoms with van der Waals surface area (Å²) in [6.07, 6.45) is 12.5. The number of likely N-dealkylation sites (tertiary alicyclic amines) is 1. The third-order valence-corrected chi connectivity index (χ3v) is 8.54. The topological polar surface area (TPSA) is 66.5 Å². The largest absolute Gasteiger partial charge is 0.307 e. The highest BCUT2D eigenvalue weighted by Crippen LogP contribution is 2.44. The predicted octanol–water partition coefficient (Wildman–Crippen LogP) is 7.21. The molecule has 2 aliphatic rings. The van der Waals surface area contributed by atoms with Crippen molar-refractivity contribution in [3.8, 4) is 0 Å². The first kappa shape index (κ1) is 31.0. The first-order valence-electron chi connectivity index (χ1n) is 14.8. The number of nitrogens with zero attached hydrogens (tertiary/aromatic N) is 1. The van der Waals surface area contributed by atoms with Crippen LogP contribution in [0, 0.1) is 16.7 Å². The van der Waals surface area contributed by atoms with Gasteiger partial charge in [-0.1, -0.05) is 79.6 Å². The highest BCUT2D eigenvalue weighted by atomic mass is 16.2. The minimum atomic E-state index is -1.17. The number of amides is 2. The lowest BCUT2D eigenvalue weighted by atomic mass is 9.73. The fraction of sp³-hybridized carbons (Fsp3) is 0.903. The summed E-state index contributed by atoms with van der Waals surface area (Å²) in [6.45, 7) is 19.2. The van der Waals surface area contributed by atoms with Gasteiger partial charge in [0.15, 0.2) is 5.78 Å². The molecule has 2 aliphatic heterocycles. The van der Waals surface area contributed by atoms with E-state index in [4.69, 9.17) is 0 Å². The number of hydrogen-bond donors (Lipinski definition) is 1. The SMILES string of the molecule is CCCCCCC(C)(C)CCCCCC1(C(=O)C(C)C)CC(=O)N(C2CC(C)(C)NC(C)(C)C2)C1=O. The maximum atomic E-state index is 14.0. The summed E-state index contributed by atoms with van der Waals surface area (Å²) < 4.78 is 0. The van der Waals surface area contributed by atoms with E-state index in [2.05, 4.69) is 53.8 Å². The maximum Gasteiger partial charge on any atom is 0.243 e. The van der Waals surface area contributed by atoms with E-state index in [0.29, 0.717) is 24.7 Å². The standard InChI is InChI=1S/C31H56N2O3/c1-10-11-12-14-17-28(4,5)18-15-13-16-19-31(26(35)23(2)3)22-25(34)33(27(31)36)24-20-29(6,7)32-30(8,9)21-24/h23-24,32H,10-22H2,1-9H3. The maximum absolute atomic E-state index is 14.0. The summed E-state index contributed by atoms with van der Waals surface area (Å²) in [5.41, 5.74) is -1.18. The molecule has 2 amide bonds. The molecule has 1 unspecified atom stereocenters. The second-order valence-electron chi connectivity index (χ2n) is 14.3. The molecule has 2 heterocycles. The molecule has 0 radical (unpaired) electrons. The first-order chi connectivity index (χ1) is 16.6. The van der Waals surface area contributed by atoms with E-state index in [-0.39, 0.29) is 47.1 Å². The molecule has 1 N–H and O–H groups in total. The van der Waals surface area contributed by atoms with Crippen molar-refractivity contribution in [2.24, 2.45) is 16.7 Å². The number of rotatable bonds is 14. The molecule has 0 aromatic carbocycles. The Morgan fingerprint density at radius 3 is 1.97 bits per heavy atom. The molecule has 0 spiro atoms. The van der Waals surface area contributed by atoms with Gasteiger partial charge in [0.1, 0.15) is 5.41 Å². The van der Waals surface area contributed by atoms with Crippen LogP contribution in [0.15, 0.2) is 0 Å². The Kier molecular flexibility index (Phi) is 10.4. The Labute approximate surface area is 221 Å². The van der Waals surface area contributed by atoms with Crippen molar-refractivity contribution in [2.45, 2.75) is 163 Å². The van der Waals surface area contributed by atoms with Gasteiger partial charge in [0, 0.05) is 29.5 Å². The van der Waals surface area contributed by atoms with Gasteiger partial charge in [0.25, 0.3) is 0 Å². The molecule has 0 aromatic rings. The van der Waals surface area contributed by atoms with Crippen LogP contribution in [0.4, 0.5) is 0 Å². The summed E-state index contributed by atoms with van der Waals surface area (Å²) >= 11 is 0. The molecule has 0 bridgehead atoms. The molecule has 36 heavy (non-hydrogen) atoms. The van der Waals surface area contributed by atoms with Gasteiger partial charge in [-0.2, -0.15) is 0 Å². The van der Waals surface area contributed by atoms with Gasteiger partial charge in [0.05, 0.1) is 0 Å². The number of nitrogens with one attached hydrogen (secondary N) is 1. The number of carbonyl (C=O) groups is 3. The number of imide groups is 1. The Morgan fingerprint density at radius 2 is 1.47 bits per heavy atom. The number of Topliss-reactive ketones (excluding diaryl/α,β-unsaturated/α-hetero) is 1. The van der Waals surface area contributed by atoms with Gasteiger partial charge < -0.3 is 5.32 Å². The van der Waals surface area contributed by atoms with Crippen LogP contribution in [0.3, 0.4) is 0 Å². The number of carbonyl (C=O) groups excluding carboxylic acids is 3. The summed E-state index contributed by atoms with van der Waals surface area (Å²) in [5, 5.41) is 3.64. The Balaban J connectivity index is 2.06. The van der Waals surface area contributed by atoms with Crippen molar-refractivity contribution in [3.05, 3.63) is 0 Å². The van der Waals surface area contributed by atoms with E-state index in [1.54, 1.807) is 0 Å². The quantitative estimate of drug-likeness (QED) is 0.154. The molecular weight excluding hydrogens is 448 g/mol. The zero-order valence-electron chi connectivity index (χ0n) is 25.0. The van der Waals surface area contributed by atoms with Crippen molar-refractivity contribution in [1.82, 2.24) is 10.2 Å². The van der Waals surface area contributed by atoms with Crippen LogP contribution in [-0.2, 0) is 14.4 Å². The highest BCUT2D eigenvalue weighted by molar-refractivity contribution is 6.18. The van der Waals surface area contributed by atoms with Gasteiger partial charge >= 0.3 is 0 Å². The van der Waals surface area contributed by atoms with Gasteiger partial charge in [-0.15, -0.1) is 0 Å². The summed E-state index contributed by atoms with van der Waals surface area (Å²) in [4.78, 5) is 42.3. The Hall–Kier alpha value is -1.23. The average Bonchev–Trinajstić information content (AvgIpc) is 2.98. The van der Waals surface area contributed by atoms with Crippen molar-refractivity contribution in [1.29, 1.82) is 0 Å². The third kappa shape index (κ3) is 7.88. The molecule has 5 heteroatoms. The second-order valence-corrected chi connectivity index (χ2v) is 14.3. The van der Waals surface area contributed by atoms with Crippen molar-refractivity contribution in [2.75, 3.05) is 0 Å². The zero-order valence-corrected chi connectivity index (χ0v) is 25.0. The molecule has 2 saturated heterocycles. The lowest BCUT2D eigenvalue weighted by Gasteiger charge is -2.48. The fourth-order valence-corrected chi connectivity index (χ4v) is 7.01. The van der Waals surface area contributed by atoms with Crippen LogP contribution < -0.4 is 5.32 Å². The molecule has 2 fully saturated rings. The van der Waals surface area contributed by atoms with Crippen molar-refractivity contribution < 1.29 is 14.4 Å². The summed E-state index contributed by atoms with van der Waals surface area (Å²) in [7, 11) is 0. The van der Waals surface area contributed by atoms with E-state index >= 15 is 0 Å². The summed E-state index contributed by atoms with van der Waals surface area (Å²) in [5.74, 6) is -0.682. The van der Waals surface area contributed by atoms with Crippen LogP contribution in [0.25, 0.3) is 0 Å². The highest BCUT2D eigenvalue weighted by Gasteiger charge is 2.58. The number of unbranched alkanes of at least 4 members (excludes halogenated alkanes) is 5. The molecule has 2 rings (SSSR count). The third-order valence-electron chi connectivity index (χ3n) is 8.54. The first-order valence-corrected chi connectivity index (χ1v) is 14.8. The monoisotopic (exact) mass is 504 g/mol. The Morgan fingerprint density at radius 1 is 0.944 bits per heavy atom. The molecular formula is C31H56N2O3. The van der Waals surface area contributed by atoms with Gasteiger partial charge in [-0.3, -0.25) is 19.3 Å². The van der Waals surface area contributed by atoms with Crippen molar-refractivity contribution >= 4 is 17.6 Å². The Bertz CT molecular complexity index is 767. The van der Waals surface area contributed by atoms with Crippen LogP contribution in [-0.4, -0.2) is 39.6 Å². The zero-order chi connectivity index (χ0) is 27.4. The number of ketones is 1. The normalized spacial score (nSPS) is 24.7. The van der Waals surface area contributed by atoms with Crippen LogP contribution in [0.5, 0.6) is 0 Å². The number of piperidine rings is 1.